The summed E-state index contributed by atoms with van der Waals surface area (Å²) in [5.74, 6) is 0.145. The van der Waals surface area contributed by atoms with Crippen molar-refractivity contribution < 1.29 is 19.1 Å². The molecule has 162 valence electrons. The van der Waals surface area contributed by atoms with Crippen molar-refractivity contribution in [3.8, 4) is 5.75 Å². The van der Waals surface area contributed by atoms with E-state index < -0.39 is 0 Å². The Morgan fingerprint density at radius 1 is 1.00 bits per heavy atom. The normalized spacial score (nSPS) is 16.6. The average Bonchev–Trinajstić information content (AvgIpc) is 2.81. The largest absolute Gasteiger partial charge is 0.482 e. The standard InChI is InChI=1S/C24H27N3O4/c1-2-21(28)19-8-9-22-20(14-19)27(24(30)17-31-22)16-23(29)26-12-10-25(11-13-26)15-18-6-4-3-5-7-18/h3-9,14H,2,10-13,15-17H2,1H3. The van der Waals surface area contributed by atoms with Gasteiger partial charge in [-0.1, -0.05) is 37.3 Å². The molecule has 31 heavy (non-hydrogen) atoms. The monoisotopic (exact) mass is 421 g/mol. The van der Waals surface area contributed by atoms with Crippen molar-refractivity contribution in [2.75, 3.05) is 44.2 Å². The summed E-state index contributed by atoms with van der Waals surface area (Å²) in [6.07, 6.45) is 0.375. The first-order valence-corrected chi connectivity index (χ1v) is 10.7. The number of hydrogen-bond acceptors (Lipinski definition) is 5. The Kier molecular flexibility index (Phi) is 6.32. The molecule has 2 amide bonds. The first-order valence-electron chi connectivity index (χ1n) is 10.7. The molecule has 0 radical (unpaired) electrons. The van der Waals surface area contributed by atoms with E-state index in [-0.39, 0.29) is 30.7 Å². The minimum atomic E-state index is -0.273. The second-order valence-corrected chi connectivity index (χ2v) is 7.87. The Balaban J connectivity index is 1.40. The van der Waals surface area contributed by atoms with Gasteiger partial charge in [0.1, 0.15) is 12.3 Å². The van der Waals surface area contributed by atoms with Gasteiger partial charge in [-0.2, -0.15) is 0 Å². The second kappa shape index (κ2) is 9.31. The molecule has 1 saturated heterocycles. The van der Waals surface area contributed by atoms with Crippen molar-refractivity contribution in [3.05, 3.63) is 59.7 Å². The van der Waals surface area contributed by atoms with Gasteiger partial charge in [-0.25, -0.2) is 0 Å². The third kappa shape index (κ3) is 4.77. The van der Waals surface area contributed by atoms with E-state index in [0.29, 0.717) is 36.5 Å². The van der Waals surface area contributed by atoms with E-state index in [0.717, 1.165) is 19.6 Å². The average molecular weight is 421 g/mol. The summed E-state index contributed by atoms with van der Waals surface area (Å²) in [7, 11) is 0. The molecule has 0 N–H and O–H groups in total. The quantitative estimate of drug-likeness (QED) is 0.670. The van der Waals surface area contributed by atoms with Gasteiger partial charge in [-0.3, -0.25) is 24.2 Å². The highest BCUT2D eigenvalue weighted by Crippen LogP contribution is 2.33. The van der Waals surface area contributed by atoms with Crippen molar-refractivity contribution in [2.24, 2.45) is 0 Å². The van der Waals surface area contributed by atoms with Crippen LogP contribution in [0.25, 0.3) is 0 Å². The molecule has 0 aromatic heterocycles. The van der Waals surface area contributed by atoms with Crippen molar-refractivity contribution in [1.82, 2.24) is 9.80 Å². The number of ketones is 1. The number of rotatable bonds is 6. The van der Waals surface area contributed by atoms with Gasteiger partial charge < -0.3 is 9.64 Å². The van der Waals surface area contributed by atoms with Crippen LogP contribution < -0.4 is 9.64 Å². The summed E-state index contributed by atoms with van der Waals surface area (Å²) < 4.78 is 5.50. The van der Waals surface area contributed by atoms with E-state index in [1.807, 2.05) is 23.1 Å². The van der Waals surface area contributed by atoms with Crippen molar-refractivity contribution >= 4 is 23.3 Å². The fourth-order valence-corrected chi connectivity index (χ4v) is 3.99. The van der Waals surface area contributed by atoms with Crippen LogP contribution in [0.2, 0.25) is 0 Å². The zero-order valence-corrected chi connectivity index (χ0v) is 17.8. The number of benzene rings is 2. The summed E-state index contributed by atoms with van der Waals surface area (Å²) in [5, 5.41) is 0. The molecule has 2 aliphatic rings. The molecule has 0 atom stereocenters. The van der Waals surface area contributed by atoms with Gasteiger partial charge in [0, 0.05) is 44.7 Å². The van der Waals surface area contributed by atoms with Crippen LogP contribution in [-0.4, -0.2) is 66.7 Å². The van der Waals surface area contributed by atoms with Gasteiger partial charge in [0.25, 0.3) is 5.91 Å². The van der Waals surface area contributed by atoms with Gasteiger partial charge in [-0.15, -0.1) is 0 Å². The van der Waals surface area contributed by atoms with Crippen LogP contribution in [0.1, 0.15) is 29.3 Å². The molecule has 0 bridgehead atoms. The van der Waals surface area contributed by atoms with Crippen LogP contribution >= 0.6 is 0 Å². The molecule has 4 rings (SSSR count). The Hall–Kier alpha value is -3.19. The van der Waals surface area contributed by atoms with E-state index in [1.54, 1.807) is 25.1 Å². The van der Waals surface area contributed by atoms with Crippen LogP contribution in [0.3, 0.4) is 0 Å². The molecule has 1 fully saturated rings. The van der Waals surface area contributed by atoms with E-state index >= 15 is 0 Å². The van der Waals surface area contributed by atoms with Crippen LogP contribution in [0.5, 0.6) is 5.75 Å². The summed E-state index contributed by atoms with van der Waals surface area (Å²) in [6.45, 7) is 5.36. The van der Waals surface area contributed by atoms with Crippen molar-refractivity contribution in [1.29, 1.82) is 0 Å². The summed E-state index contributed by atoms with van der Waals surface area (Å²) in [5.41, 5.74) is 2.27. The fraction of sp³-hybridized carbons (Fsp3) is 0.375. The van der Waals surface area contributed by atoms with Crippen LogP contribution in [-0.2, 0) is 16.1 Å². The Morgan fingerprint density at radius 3 is 2.45 bits per heavy atom. The minimum Gasteiger partial charge on any atom is -0.482 e. The molecule has 7 nitrogen and oxygen atoms in total. The maximum atomic E-state index is 13.0. The van der Waals surface area contributed by atoms with Crippen molar-refractivity contribution in [3.63, 3.8) is 0 Å². The number of nitrogens with zero attached hydrogens (tertiary/aromatic N) is 3. The molecule has 0 unspecified atom stereocenters. The minimum absolute atomic E-state index is 0.0124. The molecular formula is C24H27N3O4. The molecule has 7 heteroatoms. The zero-order chi connectivity index (χ0) is 21.8. The number of fused-ring (bicyclic) bond motifs is 1. The molecule has 0 spiro atoms. The summed E-state index contributed by atoms with van der Waals surface area (Å²) in [6, 6.07) is 15.3. The lowest BCUT2D eigenvalue weighted by molar-refractivity contribution is -0.133. The fourth-order valence-electron chi connectivity index (χ4n) is 3.99. The highest BCUT2D eigenvalue weighted by molar-refractivity contribution is 6.04. The lowest BCUT2D eigenvalue weighted by Crippen LogP contribution is -2.52. The Bertz CT molecular complexity index is 968. The van der Waals surface area contributed by atoms with Gasteiger partial charge in [0.15, 0.2) is 12.4 Å². The second-order valence-electron chi connectivity index (χ2n) is 7.87. The first-order chi connectivity index (χ1) is 15.0. The van der Waals surface area contributed by atoms with E-state index in [4.69, 9.17) is 4.74 Å². The van der Waals surface area contributed by atoms with Gasteiger partial charge in [0.05, 0.1) is 5.69 Å². The Morgan fingerprint density at radius 2 is 1.74 bits per heavy atom. The third-order valence-corrected chi connectivity index (χ3v) is 5.81. The number of hydrogen-bond donors (Lipinski definition) is 0. The topological polar surface area (TPSA) is 70.2 Å². The van der Waals surface area contributed by atoms with Gasteiger partial charge >= 0.3 is 0 Å². The molecule has 0 saturated carbocycles. The SMILES string of the molecule is CCC(=O)c1ccc2c(c1)N(CC(=O)N1CCN(Cc3ccccc3)CC1)C(=O)CO2. The molecule has 0 aliphatic carbocycles. The predicted octanol–water partition coefficient (Wildman–Crippen LogP) is 2.35. The number of anilines is 1. The smallest absolute Gasteiger partial charge is 0.265 e. The van der Waals surface area contributed by atoms with Crippen LogP contribution in [0, 0.1) is 0 Å². The van der Waals surface area contributed by atoms with Crippen LogP contribution in [0.4, 0.5) is 5.69 Å². The summed E-state index contributed by atoms with van der Waals surface area (Å²) in [4.78, 5) is 43.2. The number of carbonyl (C=O) groups excluding carboxylic acids is 3. The van der Waals surface area contributed by atoms with Crippen molar-refractivity contribution in [2.45, 2.75) is 19.9 Å². The highest BCUT2D eigenvalue weighted by atomic mass is 16.5. The number of piperazine rings is 1. The Labute approximate surface area is 182 Å². The van der Waals surface area contributed by atoms with Gasteiger partial charge in [-0.05, 0) is 23.8 Å². The number of amides is 2. The lowest BCUT2D eigenvalue weighted by atomic mass is 10.1. The maximum Gasteiger partial charge on any atom is 0.265 e. The number of ether oxygens (including phenoxy) is 1. The van der Waals surface area contributed by atoms with E-state index in [2.05, 4.69) is 17.0 Å². The third-order valence-electron chi connectivity index (χ3n) is 5.81. The number of carbonyl (C=O) groups is 3. The lowest BCUT2D eigenvalue weighted by Gasteiger charge is -2.36. The first kappa shape index (κ1) is 21.1. The van der Waals surface area contributed by atoms with E-state index in [1.165, 1.54) is 10.5 Å². The van der Waals surface area contributed by atoms with Gasteiger partial charge in [0.2, 0.25) is 5.91 Å². The zero-order valence-electron chi connectivity index (χ0n) is 17.8. The summed E-state index contributed by atoms with van der Waals surface area (Å²) >= 11 is 0. The molecule has 2 aromatic rings. The predicted molar refractivity (Wildman–Crippen MR) is 117 cm³/mol. The molecule has 2 heterocycles. The molecule has 2 aromatic carbocycles. The highest BCUT2D eigenvalue weighted by Gasteiger charge is 2.30. The molecular weight excluding hydrogens is 394 g/mol. The van der Waals surface area contributed by atoms with E-state index in [9.17, 15) is 14.4 Å². The number of Topliss-reactive ketones (excluding diaryl/α,β-unsaturated/α-hetero) is 1. The molecule has 2 aliphatic heterocycles. The van der Waals surface area contributed by atoms with Crippen LogP contribution in [0.15, 0.2) is 48.5 Å². The maximum absolute atomic E-state index is 13.0.